The number of nitrogens with one attached hydrogen (secondary N) is 1. The summed E-state index contributed by atoms with van der Waals surface area (Å²) in [6.07, 6.45) is 5.41. The van der Waals surface area contributed by atoms with Crippen LogP contribution >= 0.6 is 0 Å². The van der Waals surface area contributed by atoms with Crippen LogP contribution in [0.3, 0.4) is 0 Å². The normalized spacial score (nSPS) is 25.5. The first-order valence-corrected chi connectivity index (χ1v) is 7.91. The van der Waals surface area contributed by atoms with Gasteiger partial charge in [-0.25, -0.2) is 0 Å². The molecule has 118 valence electrons. The van der Waals surface area contributed by atoms with Gasteiger partial charge in [0.2, 0.25) is 0 Å². The number of anilines is 1. The van der Waals surface area contributed by atoms with Gasteiger partial charge in [0, 0.05) is 12.0 Å². The molecule has 5 nitrogen and oxygen atoms in total. The Hall–Kier alpha value is -2.04. The standard InChI is InChI=1S/C17H22N2O3/c1-4-22-11-8-14-12-6-5-7-13(12)16(10(2)3)18-17(14)15(9-11)19(20)21/h5-6,8-10,12-13,16,18H,4,7H2,1-3H3/t12-,13-,16+/m0/s1. The Kier molecular flexibility index (Phi) is 3.81. The van der Waals surface area contributed by atoms with E-state index in [2.05, 4.69) is 31.3 Å². The van der Waals surface area contributed by atoms with Crippen molar-refractivity contribution in [2.24, 2.45) is 11.8 Å². The summed E-state index contributed by atoms with van der Waals surface area (Å²) in [6, 6.07) is 3.75. The third kappa shape index (κ3) is 2.34. The van der Waals surface area contributed by atoms with Crippen molar-refractivity contribution in [3.8, 4) is 5.75 Å². The predicted octanol–water partition coefficient (Wildman–Crippen LogP) is 4.10. The number of nitro benzene ring substituents is 1. The maximum absolute atomic E-state index is 11.5. The molecule has 1 N–H and O–H groups in total. The molecule has 1 aliphatic heterocycles. The molecule has 0 bridgehead atoms. The second kappa shape index (κ2) is 5.63. The number of fused-ring (bicyclic) bond motifs is 3. The number of allylic oxidation sites excluding steroid dienone is 2. The highest BCUT2D eigenvalue weighted by Gasteiger charge is 2.41. The SMILES string of the molecule is CCOc1cc2c(c([N+](=O)[O-])c1)N[C@H](C(C)C)[C@H]1CC=C[C@H]21. The first-order chi connectivity index (χ1) is 10.5. The van der Waals surface area contributed by atoms with Gasteiger partial charge in [0.1, 0.15) is 11.4 Å². The monoisotopic (exact) mass is 302 g/mol. The third-order valence-corrected chi connectivity index (χ3v) is 4.69. The van der Waals surface area contributed by atoms with Gasteiger partial charge in [-0.3, -0.25) is 10.1 Å². The maximum Gasteiger partial charge on any atom is 0.296 e. The molecule has 0 saturated carbocycles. The molecule has 0 aromatic heterocycles. The van der Waals surface area contributed by atoms with E-state index in [9.17, 15) is 10.1 Å². The molecule has 0 radical (unpaired) electrons. The highest BCUT2D eigenvalue weighted by molar-refractivity contribution is 5.72. The van der Waals surface area contributed by atoms with Crippen molar-refractivity contribution in [3.63, 3.8) is 0 Å². The first kappa shape index (κ1) is 14.9. The van der Waals surface area contributed by atoms with Crippen LogP contribution in [0.15, 0.2) is 24.3 Å². The van der Waals surface area contributed by atoms with Gasteiger partial charge in [-0.1, -0.05) is 26.0 Å². The summed E-state index contributed by atoms with van der Waals surface area (Å²) in [5, 5.41) is 14.9. The molecule has 1 aliphatic carbocycles. The molecule has 1 aromatic carbocycles. The lowest BCUT2D eigenvalue weighted by atomic mass is 9.75. The number of ether oxygens (including phenoxy) is 1. The minimum atomic E-state index is -0.315. The number of hydrogen-bond acceptors (Lipinski definition) is 4. The number of benzene rings is 1. The lowest BCUT2D eigenvalue weighted by Crippen LogP contribution is -2.39. The van der Waals surface area contributed by atoms with Crippen LogP contribution in [0.2, 0.25) is 0 Å². The van der Waals surface area contributed by atoms with Gasteiger partial charge in [-0.05, 0) is 36.8 Å². The largest absolute Gasteiger partial charge is 0.494 e. The molecule has 0 spiro atoms. The highest BCUT2D eigenvalue weighted by Crippen LogP contribution is 2.50. The second-order valence-electron chi connectivity index (χ2n) is 6.36. The predicted molar refractivity (Wildman–Crippen MR) is 86.5 cm³/mol. The molecule has 1 aromatic rings. The fraction of sp³-hybridized carbons (Fsp3) is 0.529. The third-order valence-electron chi connectivity index (χ3n) is 4.69. The maximum atomic E-state index is 11.5. The summed E-state index contributed by atoms with van der Waals surface area (Å²) in [6.45, 7) is 6.72. The van der Waals surface area contributed by atoms with Crippen molar-refractivity contribution in [1.29, 1.82) is 0 Å². The minimum absolute atomic E-state index is 0.116. The smallest absolute Gasteiger partial charge is 0.296 e. The Labute approximate surface area is 130 Å². The van der Waals surface area contributed by atoms with Crippen molar-refractivity contribution in [2.75, 3.05) is 11.9 Å². The zero-order valence-electron chi connectivity index (χ0n) is 13.2. The van der Waals surface area contributed by atoms with E-state index in [0.29, 0.717) is 29.9 Å². The van der Waals surface area contributed by atoms with E-state index in [0.717, 1.165) is 12.0 Å². The van der Waals surface area contributed by atoms with Crippen LogP contribution < -0.4 is 10.1 Å². The number of hydrogen-bond donors (Lipinski definition) is 1. The highest BCUT2D eigenvalue weighted by atomic mass is 16.6. The van der Waals surface area contributed by atoms with E-state index in [4.69, 9.17) is 4.74 Å². The van der Waals surface area contributed by atoms with Crippen LogP contribution in [0.25, 0.3) is 0 Å². The van der Waals surface area contributed by atoms with Gasteiger partial charge in [0.15, 0.2) is 0 Å². The van der Waals surface area contributed by atoms with E-state index in [1.165, 1.54) is 6.07 Å². The molecular weight excluding hydrogens is 280 g/mol. The van der Waals surface area contributed by atoms with Crippen molar-refractivity contribution < 1.29 is 9.66 Å². The zero-order chi connectivity index (χ0) is 15.9. The Balaban J connectivity index is 2.14. The Morgan fingerprint density at radius 2 is 2.23 bits per heavy atom. The topological polar surface area (TPSA) is 64.4 Å². The van der Waals surface area contributed by atoms with E-state index >= 15 is 0 Å². The van der Waals surface area contributed by atoms with Gasteiger partial charge >= 0.3 is 0 Å². The number of rotatable bonds is 4. The molecule has 3 rings (SSSR count). The van der Waals surface area contributed by atoms with Gasteiger partial charge in [-0.2, -0.15) is 0 Å². The van der Waals surface area contributed by atoms with Crippen molar-refractivity contribution in [3.05, 3.63) is 40.0 Å². The molecule has 3 atom stereocenters. The van der Waals surface area contributed by atoms with Gasteiger partial charge in [-0.15, -0.1) is 0 Å². The molecule has 22 heavy (non-hydrogen) atoms. The van der Waals surface area contributed by atoms with Crippen LogP contribution in [-0.4, -0.2) is 17.6 Å². The summed E-state index contributed by atoms with van der Waals surface area (Å²) >= 11 is 0. The quantitative estimate of drug-likeness (QED) is 0.516. The van der Waals surface area contributed by atoms with E-state index < -0.39 is 0 Å². The molecule has 0 fully saturated rings. The van der Waals surface area contributed by atoms with Crippen LogP contribution in [-0.2, 0) is 0 Å². The van der Waals surface area contributed by atoms with Gasteiger partial charge in [0.05, 0.1) is 17.6 Å². The minimum Gasteiger partial charge on any atom is -0.494 e. The molecular formula is C17H22N2O3. The Bertz CT molecular complexity index is 625. The summed E-state index contributed by atoms with van der Waals surface area (Å²) < 4.78 is 5.53. The van der Waals surface area contributed by atoms with Crippen molar-refractivity contribution in [1.82, 2.24) is 0 Å². The molecule has 0 amide bonds. The number of nitrogens with zero attached hydrogens (tertiary/aromatic N) is 1. The average Bonchev–Trinajstić information content (AvgIpc) is 2.95. The lowest BCUT2D eigenvalue weighted by Gasteiger charge is -2.39. The Morgan fingerprint density at radius 1 is 1.45 bits per heavy atom. The van der Waals surface area contributed by atoms with E-state index in [1.807, 2.05) is 13.0 Å². The fourth-order valence-electron chi connectivity index (χ4n) is 3.75. The number of nitro groups is 1. The van der Waals surface area contributed by atoms with Crippen LogP contribution in [0.5, 0.6) is 5.75 Å². The molecule has 0 unspecified atom stereocenters. The summed E-state index contributed by atoms with van der Waals surface area (Å²) in [4.78, 5) is 11.2. The van der Waals surface area contributed by atoms with E-state index in [-0.39, 0.29) is 22.6 Å². The summed E-state index contributed by atoms with van der Waals surface area (Å²) in [5.74, 6) is 1.70. The van der Waals surface area contributed by atoms with Crippen molar-refractivity contribution >= 4 is 11.4 Å². The van der Waals surface area contributed by atoms with Gasteiger partial charge < -0.3 is 10.1 Å². The van der Waals surface area contributed by atoms with Crippen LogP contribution in [0.4, 0.5) is 11.4 Å². The Morgan fingerprint density at radius 3 is 2.86 bits per heavy atom. The molecule has 1 heterocycles. The van der Waals surface area contributed by atoms with Crippen LogP contribution in [0.1, 0.15) is 38.7 Å². The molecule has 5 heteroatoms. The van der Waals surface area contributed by atoms with E-state index in [1.54, 1.807) is 0 Å². The van der Waals surface area contributed by atoms with Crippen molar-refractivity contribution in [2.45, 2.75) is 39.2 Å². The average molecular weight is 302 g/mol. The zero-order valence-corrected chi connectivity index (χ0v) is 13.2. The molecule has 2 aliphatic rings. The summed E-state index contributed by atoms with van der Waals surface area (Å²) in [7, 11) is 0. The lowest BCUT2D eigenvalue weighted by molar-refractivity contribution is -0.384. The second-order valence-corrected chi connectivity index (χ2v) is 6.36. The summed E-state index contributed by atoms with van der Waals surface area (Å²) in [5.41, 5.74) is 1.78. The van der Waals surface area contributed by atoms with Gasteiger partial charge in [0.25, 0.3) is 5.69 Å². The fourth-order valence-corrected chi connectivity index (χ4v) is 3.75. The van der Waals surface area contributed by atoms with Crippen LogP contribution in [0, 0.1) is 22.0 Å². The molecule has 0 saturated heterocycles. The first-order valence-electron chi connectivity index (χ1n) is 7.91.